The lowest BCUT2D eigenvalue weighted by Gasteiger charge is -2.01. The molecule has 4 heteroatoms. The second kappa shape index (κ2) is 2.94. The standard InChI is InChI=1S/C8H7BrO2S/c9-6-3-1-2-5-7(10)4-12(11)8(5)6/h1-3,7,10H,4H2. The Morgan fingerprint density at radius 3 is 3.00 bits per heavy atom. The van der Waals surface area contributed by atoms with E-state index in [2.05, 4.69) is 15.9 Å². The minimum absolute atomic E-state index is 0.331. The van der Waals surface area contributed by atoms with Gasteiger partial charge in [0, 0.05) is 4.47 Å². The highest BCUT2D eigenvalue weighted by molar-refractivity contribution is 9.10. The fourth-order valence-corrected chi connectivity index (χ4v) is 3.65. The van der Waals surface area contributed by atoms with Gasteiger partial charge in [-0.05, 0) is 27.6 Å². The normalized spacial score (nSPS) is 27.2. The zero-order chi connectivity index (χ0) is 8.72. The summed E-state index contributed by atoms with van der Waals surface area (Å²) in [5.41, 5.74) is 0.794. The summed E-state index contributed by atoms with van der Waals surface area (Å²) < 4.78 is 12.2. The van der Waals surface area contributed by atoms with Crippen molar-refractivity contribution in [1.29, 1.82) is 0 Å². The topological polar surface area (TPSA) is 37.3 Å². The van der Waals surface area contributed by atoms with Crippen molar-refractivity contribution in [3.05, 3.63) is 28.2 Å². The molecule has 0 radical (unpaired) electrons. The van der Waals surface area contributed by atoms with Gasteiger partial charge in [-0.25, -0.2) is 0 Å². The number of fused-ring (bicyclic) bond motifs is 1. The number of aliphatic hydroxyl groups excluding tert-OH is 1. The molecule has 0 bridgehead atoms. The van der Waals surface area contributed by atoms with Crippen LogP contribution in [0.4, 0.5) is 0 Å². The lowest BCUT2D eigenvalue weighted by Crippen LogP contribution is -1.95. The van der Waals surface area contributed by atoms with Gasteiger partial charge in [-0.2, -0.15) is 0 Å². The quantitative estimate of drug-likeness (QED) is 0.756. The van der Waals surface area contributed by atoms with Crippen LogP contribution in [0.2, 0.25) is 0 Å². The first-order valence-electron chi connectivity index (χ1n) is 3.55. The molecular formula is C8H7BrO2S. The lowest BCUT2D eigenvalue weighted by atomic mass is 10.1. The lowest BCUT2D eigenvalue weighted by molar-refractivity contribution is 0.204. The monoisotopic (exact) mass is 246 g/mol. The Morgan fingerprint density at radius 2 is 2.33 bits per heavy atom. The van der Waals surface area contributed by atoms with E-state index in [4.69, 9.17) is 0 Å². The SMILES string of the molecule is O=S1CC(O)c2cccc(Br)c21. The summed E-state index contributed by atoms with van der Waals surface area (Å²) in [4.78, 5) is 0.755. The molecule has 2 atom stereocenters. The number of hydrogen-bond acceptors (Lipinski definition) is 2. The molecule has 12 heavy (non-hydrogen) atoms. The molecular weight excluding hydrogens is 240 g/mol. The maximum atomic E-state index is 11.4. The summed E-state index contributed by atoms with van der Waals surface area (Å²) >= 11 is 3.31. The minimum Gasteiger partial charge on any atom is -0.387 e. The molecule has 0 aliphatic carbocycles. The Hall–Kier alpha value is -0.190. The maximum absolute atomic E-state index is 11.4. The third-order valence-corrected chi connectivity index (χ3v) is 4.35. The van der Waals surface area contributed by atoms with E-state index in [-0.39, 0.29) is 0 Å². The van der Waals surface area contributed by atoms with Crippen LogP contribution in [0.25, 0.3) is 0 Å². The molecule has 0 amide bonds. The van der Waals surface area contributed by atoms with Gasteiger partial charge in [0.25, 0.3) is 0 Å². The second-order valence-corrected chi connectivity index (χ2v) is 4.97. The number of halogens is 1. The molecule has 1 aliphatic heterocycles. The highest BCUT2D eigenvalue weighted by Crippen LogP contribution is 2.35. The Morgan fingerprint density at radius 1 is 1.58 bits per heavy atom. The van der Waals surface area contributed by atoms with E-state index in [0.717, 1.165) is 14.9 Å². The second-order valence-electron chi connectivity index (χ2n) is 2.69. The highest BCUT2D eigenvalue weighted by Gasteiger charge is 2.28. The first-order valence-corrected chi connectivity index (χ1v) is 5.66. The van der Waals surface area contributed by atoms with E-state index in [1.165, 1.54) is 0 Å². The van der Waals surface area contributed by atoms with Crippen LogP contribution in [0.3, 0.4) is 0 Å². The van der Waals surface area contributed by atoms with Crippen molar-refractivity contribution >= 4 is 26.7 Å². The van der Waals surface area contributed by atoms with Gasteiger partial charge in [0.2, 0.25) is 0 Å². The Labute approximate surface area is 81.2 Å². The molecule has 1 aliphatic rings. The zero-order valence-corrected chi connectivity index (χ0v) is 8.56. The van der Waals surface area contributed by atoms with Gasteiger partial charge < -0.3 is 5.11 Å². The third kappa shape index (κ3) is 1.14. The van der Waals surface area contributed by atoms with Crippen molar-refractivity contribution in [1.82, 2.24) is 0 Å². The van der Waals surface area contributed by atoms with E-state index in [9.17, 15) is 9.32 Å². The van der Waals surface area contributed by atoms with Crippen molar-refractivity contribution < 1.29 is 9.32 Å². The van der Waals surface area contributed by atoms with Crippen molar-refractivity contribution in [2.75, 3.05) is 5.75 Å². The third-order valence-electron chi connectivity index (χ3n) is 1.89. The molecule has 0 saturated carbocycles. The first-order chi connectivity index (χ1) is 5.70. The molecule has 1 N–H and O–H groups in total. The fraction of sp³-hybridized carbons (Fsp3) is 0.250. The molecule has 64 valence electrons. The summed E-state index contributed by atoms with van der Waals surface area (Å²) in [6.07, 6.45) is -0.557. The van der Waals surface area contributed by atoms with E-state index in [1.54, 1.807) is 0 Å². The number of aliphatic hydroxyl groups is 1. The van der Waals surface area contributed by atoms with E-state index in [1.807, 2.05) is 18.2 Å². The highest BCUT2D eigenvalue weighted by atomic mass is 79.9. The fourth-order valence-electron chi connectivity index (χ4n) is 1.34. The van der Waals surface area contributed by atoms with Crippen molar-refractivity contribution in [2.45, 2.75) is 11.0 Å². The van der Waals surface area contributed by atoms with Crippen LogP contribution >= 0.6 is 15.9 Å². The molecule has 0 saturated heterocycles. The van der Waals surface area contributed by atoms with Gasteiger partial charge in [0.1, 0.15) is 0 Å². The van der Waals surface area contributed by atoms with Crippen LogP contribution < -0.4 is 0 Å². The summed E-state index contributed by atoms with van der Waals surface area (Å²) in [5.74, 6) is 0.331. The first kappa shape index (κ1) is 8.41. The van der Waals surface area contributed by atoms with E-state index >= 15 is 0 Å². The Bertz CT molecular complexity index is 351. The average Bonchev–Trinajstić information content (AvgIpc) is 2.29. The van der Waals surface area contributed by atoms with E-state index in [0.29, 0.717) is 5.75 Å². The van der Waals surface area contributed by atoms with Crippen LogP contribution in [-0.2, 0) is 10.8 Å². The summed E-state index contributed by atoms with van der Waals surface area (Å²) in [6.45, 7) is 0. The number of rotatable bonds is 0. The molecule has 0 spiro atoms. The summed E-state index contributed by atoms with van der Waals surface area (Å²) in [6, 6.07) is 5.50. The van der Waals surface area contributed by atoms with Crippen LogP contribution in [0.15, 0.2) is 27.6 Å². The van der Waals surface area contributed by atoms with E-state index < -0.39 is 16.9 Å². The molecule has 1 aromatic carbocycles. The predicted octanol–water partition coefficient (Wildman–Crippen LogP) is 1.60. The largest absolute Gasteiger partial charge is 0.387 e. The van der Waals surface area contributed by atoms with Crippen molar-refractivity contribution in [2.24, 2.45) is 0 Å². The van der Waals surface area contributed by atoms with Gasteiger partial charge >= 0.3 is 0 Å². The molecule has 2 rings (SSSR count). The minimum atomic E-state index is -1.04. The van der Waals surface area contributed by atoms with Crippen molar-refractivity contribution in [3.63, 3.8) is 0 Å². The van der Waals surface area contributed by atoms with Crippen LogP contribution in [0.5, 0.6) is 0 Å². The maximum Gasteiger partial charge on any atom is 0.0920 e. The van der Waals surface area contributed by atoms with Gasteiger partial charge in [0.05, 0.1) is 27.6 Å². The van der Waals surface area contributed by atoms with Gasteiger partial charge in [-0.15, -0.1) is 0 Å². The Kier molecular flexibility index (Phi) is 2.06. The molecule has 2 unspecified atom stereocenters. The van der Waals surface area contributed by atoms with Gasteiger partial charge in [0.15, 0.2) is 0 Å². The van der Waals surface area contributed by atoms with Gasteiger partial charge in [-0.3, -0.25) is 4.21 Å². The zero-order valence-electron chi connectivity index (χ0n) is 6.16. The smallest absolute Gasteiger partial charge is 0.0920 e. The number of benzene rings is 1. The Balaban J connectivity index is 2.67. The summed E-state index contributed by atoms with van der Waals surface area (Å²) in [5, 5.41) is 9.46. The van der Waals surface area contributed by atoms with Crippen molar-refractivity contribution in [3.8, 4) is 0 Å². The average molecular weight is 247 g/mol. The number of hydrogen-bond donors (Lipinski definition) is 1. The van der Waals surface area contributed by atoms with Crippen LogP contribution in [0.1, 0.15) is 11.7 Å². The molecule has 2 nitrogen and oxygen atoms in total. The molecule has 0 fully saturated rings. The van der Waals surface area contributed by atoms with Gasteiger partial charge in [-0.1, -0.05) is 12.1 Å². The van der Waals surface area contributed by atoms with Crippen LogP contribution in [-0.4, -0.2) is 15.1 Å². The molecule has 1 heterocycles. The van der Waals surface area contributed by atoms with Crippen LogP contribution in [0, 0.1) is 0 Å². The summed E-state index contributed by atoms with van der Waals surface area (Å²) in [7, 11) is -1.04. The predicted molar refractivity (Wildman–Crippen MR) is 50.4 cm³/mol. The molecule has 0 aromatic heterocycles. The molecule has 1 aromatic rings.